The molecule has 4 fully saturated rings. The van der Waals surface area contributed by atoms with Crippen molar-refractivity contribution >= 4 is 83.8 Å². The van der Waals surface area contributed by atoms with Gasteiger partial charge in [-0.2, -0.15) is 13.2 Å². The lowest BCUT2D eigenvalue weighted by atomic mass is 9.73. The van der Waals surface area contributed by atoms with Crippen LogP contribution in [-0.2, 0) is 42.5 Å². The van der Waals surface area contributed by atoms with E-state index in [1.165, 1.54) is 45.5 Å². The highest BCUT2D eigenvalue weighted by Crippen LogP contribution is 2.44. The Labute approximate surface area is 514 Å². The molecule has 11 rings (SSSR count). The Hall–Kier alpha value is -6.34. The Bertz CT molecular complexity index is 3710. The Balaban J connectivity index is 0.737. The van der Waals surface area contributed by atoms with Crippen molar-refractivity contribution in [1.29, 1.82) is 0 Å². The van der Waals surface area contributed by atoms with Gasteiger partial charge in [0, 0.05) is 127 Å². The molecule has 5 aromatic rings. The Morgan fingerprint density at radius 3 is 2.21 bits per heavy atom. The number of fused-ring (bicyclic) bond motifs is 3. The minimum atomic E-state index is -6.17. The number of rotatable bonds is 19. The maximum absolute atomic E-state index is 16.3. The molecule has 4 atom stereocenters. The van der Waals surface area contributed by atoms with Crippen LogP contribution in [0.5, 0.6) is 0 Å². The summed E-state index contributed by atoms with van der Waals surface area (Å²) in [5.74, 6) is -2.76. The first-order valence-corrected chi connectivity index (χ1v) is 33.7. The number of anilines is 2. The van der Waals surface area contributed by atoms with Crippen LogP contribution in [0.2, 0.25) is 5.02 Å². The quantitative estimate of drug-likeness (QED) is 0.0403. The normalized spacial score (nSPS) is 21.7. The SMILES string of the molecule is CC1(C)CCC(c2ccc(Cl)cc2)=C(CN2CCN(c3ccc(C(=O)NS(=O)(=O)c4ccc(N[C@H](CCN5CC6CCC(C5)N6Cc5ccc6c(c5F)CN(C5CCC(=O)NC5=O)C6=O)CSc5ccccc5)c(S(=O)(=O)C(F)(F)F)c4)cc3)CC2)C1. The molecule has 0 spiro atoms. The molecule has 2 bridgehead atoms. The summed E-state index contributed by atoms with van der Waals surface area (Å²) in [6.45, 7) is 10.3. The van der Waals surface area contributed by atoms with E-state index >= 15 is 4.39 Å². The lowest BCUT2D eigenvalue weighted by Crippen LogP contribution is -2.53. The average Bonchev–Trinajstić information content (AvgIpc) is 2.02. The Morgan fingerprint density at radius 1 is 0.828 bits per heavy atom. The molecule has 6 aliphatic rings. The van der Waals surface area contributed by atoms with Crippen LogP contribution >= 0.6 is 23.4 Å². The van der Waals surface area contributed by atoms with Crippen LogP contribution < -0.4 is 20.3 Å². The number of thioether (sulfide) groups is 1. The van der Waals surface area contributed by atoms with E-state index in [1.54, 1.807) is 24.3 Å². The fourth-order valence-electron chi connectivity index (χ4n) is 13.2. The molecule has 1 aliphatic carbocycles. The van der Waals surface area contributed by atoms with Gasteiger partial charge in [0.15, 0.2) is 0 Å². The molecule has 5 aliphatic heterocycles. The second-order valence-corrected chi connectivity index (χ2v) is 29.4. The van der Waals surface area contributed by atoms with Crippen LogP contribution in [0.1, 0.15) is 103 Å². The summed E-state index contributed by atoms with van der Waals surface area (Å²) in [6, 6.07) is 27.7. The lowest BCUT2D eigenvalue weighted by Gasteiger charge is -2.41. The van der Waals surface area contributed by atoms with Crippen molar-refractivity contribution in [2.75, 3.05) is 68.3 Å². The number of sulfone groups is 1. The first-order valence-electron chi connectivity index (χ1n) is 29.3. The Morgan fingerprint density at radius 2 is 1.53 bits per heavy atom. The molecule has 5 heterocycles. The van der Waals surface area contributed by atoms with Crippen molar-refractivity contribution < 1.29 is 53.6 Å². The Kier molecular flexibility index (Phi) is 18.1. The molecule has 16 nitrogen and oxygen atoms in total. The maximum atomic E-state index is 16.3. The van der Waals surface area contributed by atoms with Crippen molar-refractivity contribution in [1.82, 2.24) is 29.6 Å². The second kappa shape index (κ2) is 25.3. The van der Waals surface area contributed by atoms with Crippen LogP contribution in [0, 0.1) is 11.2 Å². The molecule has 3 N–H and O–H groups in total. The number of imide groups is 1. The monoisotopic (exact) mass is 1270 g/mol. The zero-order valence-electron chi connectivity index (χ0n) is 48.3. The number of allylic oxidation sites excluding steroid dienone is 1. The number of hydrogen-bond acceptors (Lipinski definition) is 14. The van der Waals surface area contributed by atoms with Gasteiger partial charge in [-0.05, 0) is 134 Å². The number of nitrogens with zero attached hydrogens (tertiary/aromatic N) is 5. The highest BCUT2D eigenvalue weighted by Gasteiger charge is 2.49. The van der Waals surface area contributed by atoms with Crippen LogP contribution in [0.15, 0.2) is 129 Å². The summed E-state index contributed by atoms with van der Waals surface area (Å²) in [7, 11) is -11.1. The molecule has 0 saturated carbocycles. The molecular weight excluding hydrogens is 1200 g/mol. The number of hydrogen-bond donors (Lipinski definition) is 3. The number of carbonyl (C=O) groups is 4. The van der Waals surface area contributed by atoms with Gasteiger partial charge < -0.3 is 20.0 Å². The number of nitrogens with one attached hydrogen (secondary N) is 3. The van der Waals surface area contributed by atoms with Crippen molar-refractivity contribution in [3.05, 3.63) is 153 Å². The summed E-state index contributed by atoms with van der Waals surface area (Å²) in [5.41, 5.74) is -0.491. The molecule has 4 amide bonds. The van der Waals surface area contributed by atoms with Crippen LogP contribution in [0.4, 0.5) is 28.9 Å². The van der Waals surface area contributed by atoms with E-state index in [4.69, 9.17) is 11.6 Å². The summed E-state index contributed by atoms with van der Waals surface area (Å²) >= 11 is 7.62. The number of piperidine rings is 1. The predicted molar refractivity (Wildman–Crippen MR) is 326 cm³/mol. The van der Waals surface area contributed by atoms with Gasteiger partial charge in [0.2, 0.25) is 11.8 Å². The van der Waals surface area contributed by atoms with Crippen molar-refractivity contribution in [2.45, 2.75) is 123 Å². The molecule has 462 valence electrons. The number of likely N-dealkylation sites (tertiary alicyclic amines) is 1. The first kappa shape index (κ1) is 62.3. The van der Waals surface area contributed by atoms with Crippen LogP contribution in [0.25, 0.3) is 5.57 Å². The largest absolute Gasteiger partial charge is 0.501 e. The smallest absolute Gasteiger partial charge is 0.380 e. The number of sulfonamides is 1. The third-order valence-electron chi connectivity index (χ3n) is 17.9. The zero-order valence-corrected chi connectivity index (χ0v) is 51.5. The van der Waals surface area contributed by atoms with Gasteiger partial charge in [-0.3, -0.25) is 34.3 Å². The molecule has 87 heavy (non-hydrogen) atoms. The minimum absolute atomic E-state index is 0.0205. The first-order chi connectivity index (χ1) is 41.4. The van der Waals surface area contributed by atoms with E-state index in [2.05, 4.69) is 56.2 Å². The minimum Gasteiger partial charge on any atom is -0.380 e. The second-order valence-electron chi connectivity index (χ2n) is 24.3. The topological polar surface area (TPSA) is 189 Å². The highest BCUT2D eigenvalue weighted by atomic mass is 35.5. The van der Waals surface area contributed by atoms with E-state index in [-0.39, 0.29) is 65.9 Å². The van der Waals surface area contributed by atoms with Crippen LogP contribution in [0.3, 0.4) is 0 Å². The summed E-state index contributed by atoms with van der Waals surface area (Å²) in [6.07, 6.45) is 5.31. The number of benzene rings is 5. The van der Waals surface area contributed by atoms with E-state index in [0.717, 1.165) is 74.5 Å². The van der Waals surface area contributed by atoms with Gasteiger partial charge >= 0.3 is 5.51 Å². The predicted octanol–water partition coefficient (Wildman–Crippen LogP) is 9.75. The van der Waals surface area contributed by atoms with Crippen molar-refractivity contribution in [3.8, 4) is 0 Å². The lowest BCUT2D eigenvalue weighted by molar-refractivity contribution is -0.136. The van der Waals surface area contributed by atoms with Gasteiger partial charge in [-0.25, -0.2) is 25.9 Å². The number of alkyl halides is 3. The highest BCUT2D eigenvalue weighted by molar-refractivity contribution is 7.99. The maximum Gasteiger partial charge on any atom is 0.501 e. The molecule has 0 aromatic heterocycles. The standard InChI is InChI=1S/C63H69ClF4N8O8S3/c1-62(2)26-24-51(40-8-13-44(64)14-9-40)43(33-62)34-72-28-30-74(31-29-72)46-15-10-41(11-16-46)59(78)71-87(83,84)50-19-21-54(56(32-50)86(81,82)63(66,67)68)69-45(39-85-49-6-4-3-5-7-49)25-27-73-36-47-17-18-48(37-73)75(47)35-42-12-20-52-53(58(42)65)38-76(61(52)80)55-22-23-57(77)70-60(55)79/h3-16,19-21,32,45,47-48,55,69H,17-18,22-31,33-39H2,1-2H3,(H,71,78)(H,70,77,79)/t45-,47?,48?,55?/m1/s1. The molecule has 24 heteroatoms. The number of carbonyl (C=O) groups excluding carboxylic acids is 4. The molecule has 0 radical (unpaired) electrons. The van der Waals surface area contributed by atoms with Gasteiger partial charge in [0.25, 0.3) is 31.7 Å². The van der Waals surface area contributed by atoms with E-state index in [0.29, 0.717) is 55.8 Å². The van der Waals surface area contributed by atoms with Gasteiger partial charge in [-0.15, -0.1) is 11.8 Å². The zero-order chi connectivity index (χ0) is 61.6. The number of amides is 4. The third-order valence-corrected chi connectivity index (χ3v) is 22.1. The fourth-order valence-corrected chi connectivity index (χ4v) is 16.3. The number of halogens is 5. The summed E-state index contributed by atoms with van der Waals surface area (Å²) in [5, 5.41) is 6.01. The summed E-state index contributed by atoms with van der Waals surface area (Å²) < 4.78 is 117. The average molecular weight is 1270 g/mol. The molecular formula is C63H69ClF4N8O8S3. The third kappa shape index (κ3) is 13.8. The summed E-state index contributed by atoms with van der Waals surface area (Å²) in [4.78, 5) is 60.4. The van der Waals surface area contributed by atoms with E-state index in [9.17, 15) is 49.2 Å². The van der Waals surface area contributed by atoms with Gasteiger partial charge in [-0.1, -0.05) is 67.4 Å². The van der Waals surface area contributed by atoms with Gasteiger partial charge in [0.1, 0.15) is 16.8 Å². The molecule has 3 unspecified atom stereocenters. The van der Waals surface area contributed by atoms with Crippen molar-refractivity contribution in [3.63, 3.8) is 0 Å². The van der Waals surface area contributed by atoms with E-state index in [1.807, 2.05) is 47.2 Å². The fraction of sp³-hybridized carbons (Fsp3) is 0.429. The molecule has 5 aromatic carbocycles. The van der Waals surface area contributed by atoms with E-state index < -0.39 is 82.4 Å². The number of piperazine rings is 2. The molecule has 4 saturated heterocycles. The van der Waals surface area contributed by atoms with Crippen molar-refractivity contribution in [2.24, 2.45) is 5.41 Å². The van der Waals surface area contributed by atoms with Crippen LogP contribution in [-0.4, -0.2) is 148 Å². The van der Waals surface area contributed by atoms with Gasteiger partial charge in [0.05, 0.1) is 17.1 Å².